The monoisotopic (exact) mass is 263 g/mol. The lowest BCUT2D eigenvalue weighted by Crippen LogP contribution is -2.56. The van der Waals surface area contributed by atoms with Crippen LogP contribution in [-0.2, 0) is 0 Å². The number of aromatic carboxylic acids is 1. The van der Waals surface area contributed by atoms with Crippen molar-refractivity contribution in [1.29, 1.82) is 0 Å². The molecule has 0 bridgehead atoms. The fourth-order valence-corrected chi connectivity index (χ4v) is 2.72. The lowest BCUT2D eigenvalue weighted by atomic mass is 9.74. The predicted molar refractivity (Wildman–Crippen MR) is 75.2 cm³/mol. The van der Waals surface area contributed by atoms with Crippen molar-refractivity contribution >= 4 is 11.7 Å². The average Bonchev–Trinajstić information content (AvgIpc) is 2.38. The smallest absolute Gasteiger partial charge is 0.337 e. The topological polar surface area (TPSA) is 49.8 Å². The zero-order valence-electron chi connectivity index (χ0n) is 11.8. The normalized spacial score (nSPS) is 16.9. The molecule has 0 saturated carbocycles. The van der Waals surface area contributed by atoms with Crippen LogP contribution in [0.15, 0.2) is 18.2 Å². The zero-order valence-corrected chi connectivity index (χ0v) is 11.8. The van der Waals surface area contributed by atoms with Gasteiger partial charge in [-0.15, -0.1) is 0 Å². The van der Waals surface area contributed by atoms with Crippen LogP contribution in [0.4, 0.5) is 5.69 Å². The molecule has 0 amide bonds. The minimum atomic E-state index is -0.903. The predicted octanol–water partition coefficient (Wildman–Crippen LogP) is 3.02. The Balaban J connectivity index is 2.25. The largest absolute Gasteiger partial charge is 0.497 e. The highest BCUT2D eigenvalue weighted by Crippen LogP contribution is 2.41. The SMILES string of the molecule is CCC1(CC)CN(c2ccc(OC)cc2C(=O)O)C1. The molecule has 0 aliphatic carbocycles. The van der Waals surface area contributed by atoms with Gasteiger partial charge in [-0.3, -0.25) is 0 Å². The summed E-state index contributed by atoms with van der Waals surface area (Å²) in [6.45, 7) is 6.28. The Hall–Kier alpha value is -1.71. The minimum absolute atomic E-state index is 0.320. The molecule has 19 heavy (non-hydrogen) atoms. The molecule has 1 N–H and O–H groups in total. The fraction of sp³-hybridized carbons (Fsp3) is 0.533. The first-order chi connectivity index (χ1) is 9.05. The second-order valence-electron chi connectivity index (χ2n) is 5.25. The van der Waals surface area contributed by atoms with Gasteiger partial charge in [-0.05, 0) is 31.0 Å². The summed E-state index contributed by atoms with van der Waals surface area (Å²) in [6.07, 6.45) is 2.27. The average molecular weight is 263 g/mol. The van der Waals surface area contributed by atoms with Crippen molar-refractivity contribution in [2.45, 2.75) is 26.7 Å². The summed E-state index contributed by atoms with van der Waals surface area (Å²) in [5.74, 6) is -0.321. The van der Waals surface area contributed by atoms with Gasteiger partial charge in [-0.25, -0.2) is 4.79 Å². The number of nitrogens with zero attached hydrogens (tertiary/aromatic N) is 1. The molecule has 0 atom stereocenters. The molecular formula is C15H21NO3. The maximum Gasteiger partial charge on any atom is 0.337 e. The Morgan fingerprint density at radius 1 is 1.37 bits per heavy atom. The molecule has 0 spiro atoms. The van der Waals surface area contributed by atoms with E-state index in [1.165, 1.54) is 0 Å². The molecule has 0 aromatic heterocycles. The van der Waals surface area contributed by atoms with E-state index in [-0.39, 0.29) is 0 Å². The molecule has 104 valence electrons. The minimum Gasteiger partial charge on any atom is -0.497 e. The van der Waals surface area contributed by atoms with Gasteiger partial charge < -0.3 is 14.7 Å². The van der Waals surface area contributed by atoms with Crippen molar-refractivity contribution in [3.8, 4) is 5.75 Å². The van der Waals surface area contributed by atoms with Crippen molar-refractivity contribution in [2.75, 3.05) is 25.1 Å². The summed E-state index contributed by atoms with van der Waals surface area (Å²) < 4.78 is 5.09. The highest BCUT2D eigenvalue weighted by atomic mass is 16.5. The number of hydrogen-bond acceptors (Lipinski definition) is 3. The Morgan fingerprint density at radius 2 is 2.00 bits per heavy atom. The summed E-state index contributed by atoms with van der Waals surface area (Å²) in [5, 5.41) is 9.32. The van der Waals surface area contributed by atoms with Gasteiger partial charge in [-0.1, -0.05) is 13.8 Å². The third-order valence-electron chi connectivity index (χ3n) is 4.33. The molecular weight excluding hydrogens is 242 g/mol. The lowest BCUT2D eigenvalue weighted by Gasteiger charge is -2.51. The van der Waals surface area contributed by atoms with E-state index >= 15 is 0 Å². The molecule has 4 heteroatoms. The molecule has 1 aromatic carbocycles. The Bertz CT molecular complexity index is 472. The fourth-order valence-electron chi connectivity index (χ4n) is 2.72. The van der Waals surface area contributed by atoms with Crippen molar-refractivity contribution in [3.05, 3.63) is 23.8 Å². The van der Waals surface area contributed by atoms with E-state index in [0.29, 0.717) is 16.7 Å². The number of carboxylic acids is 1. The van der Waals surface area contributed by atoms with Crippen molar-refractivity contribution in [2.24, 2.45) is 5.41 Å². The van der Waals surface area contributed by atoms with E-state index < -0.39 is 5.97 Å². The van der Waals surface area contributed by atoms with Crippen molar-refractivity contribution in [3.63, 3.8) is 0 Å². The number of hydrogen-bond donors (Lipinski definition) is 1. The molecule has 1 aliphatic heterocycles. The molecule has 1 aromatic rings. The maximum absolute atomic E-state index is 11.4. The summed E-state index contributed by atoms with van der Waals surface area (Å²) in [4.78, 5) is 13.5. The number of carbonyl (C=O) groups is 1. The van der Waals surface area contributed by atoms with Gasteiger partial charge in [-0.2, -0.15) is 0 Å². The van der Waals surface area contributed by atoms with Crippen LogP contribution < -0.4 is 9.64 Å². The molecule has 4 nitrogen and oxygen atoms in total. The molecule has 0 unspecified atom stereocenters. The molecule has 1 fully saturated rings. The van der Waals surface area contributed by atoms with Gasteiger partial charge in [0, 0.05) is 18.5 Å². The summed E-state index contributed by atoms with van der Waals surface area (Å²) >= 11 is 0. The molecule has 1 saturated heterocycles. The van der Waals surface area contributed by atoms with Crippen LogP contribution >= 0.6 is 0 Å². The van der Waals surface area contributed by atoms with Gasteiger partial charge in [0.05, 0.1) is 18.4 Å². The summed E-state index contributed by atoms with van der Waals surface area (Å²) in [6, 6.07) is 5.26. The zero-order chi connectivity index (χ0) is 14.0. The van der Waals surface area contributed by atoms with E-state index in [9.17, 15) is 9.90 Å². The van der Waals surface area contributed by atoms with Crippen LogP contribution in [0, 0.1) is 5.41 Å². The van der Waals surface area contributed by atoms with Crippen molar-refractivity contribution < 1.29 is 14.6 Å². The van der Waals surface area contributed by atoms with Crippen LogP contribution in [0.2, 0.25) is 0 Å². The lowest BCUT2D eigenvalue weighted by molar-refractivity contribution is 0.0696. The van der Waals surface area contributed by atoms with Gasteiger partial charge in [0.25, 0.3) is 0 Å². The Kier molecular flexibility index (Phi) is 3.69. The third-order valence-corrected chi connectivity index (χ3v) is 4.33. The molecule has 1 heterocycles. The van der Waals surface area contributed by atoms with E-state index in [4.69, 9.17) is 4.74 Å². The van der Waals surface area contributed by atoms with Crippen LogP contribution in [-0.4, -0.2) is 31.3 Å². The summed E-state index contributed by atoms with van der Waals surface area (Å²) in [7, 11) is 1.55. The van der Waals surface area contributed by atoms with E-state index in [1.54, 1.807) is 13.2 Å². The molecule has 2 rings (SSSR count). The number of rotatable bonds is 5. The molecule has 1 aliphatic rings. The highest BCUT2D eigenvalue weighted by molar-refractivity contribution is 5.95. The van der Waals surface area contributed by atoms with Crippen molar-refractivity contribution in [1.82, 2.24) is 0 Å². The van der Waals surface area contributed by atoms with Gasteiger partial charge in [0.15, 0.2) is 0 Å². The number of benzene rings is 1. The first kappa shape index (κ1) is 13.7. The Labute approximate surface area is 114 Å². The number of carboxylic acid groups (broad SMARTS) is 1. The van der Waals surface area contributed by atoms with Crippen LogP contribution in [0.25, 0.3) is 0 Å². The van der Waals surface area contributed by atoms with Crippen LogP contribution in [0.5, 0.6) is 5.75 Å². The summed E-state index contributed by atoms with van der Waals surface area (Å²) in [5.41, 5.74) is 1.47. The second-order valence-corrected chi connectivity index (χ2v) is 5.25. The van der Waals surface area contributed by atoms with Gasteiger partial charge in [0.2, 0.25) is 0 Å². The highest BCUT2D eigenvalue weighted by Gasteiger charge is 2.40. The number of anilines is 1. The van der Waals surface area contributed by atoms with Crippen LogP contribution in [0.1, 0.15) is 37.0 Å². The number of ether oxygens (including phenoxy) is 1. The number of methoxy groups -OCH3 is 1. The first-order valence-corrected chi connectivity index (χ1v) is 6.71. The first-order valence-electron chi connectivity index (χ1n) is 6.71. The van der Waals surface area contributed by atoms with E-state index in [2.05, 4.69) is 18.7 Å². The second kappa shape index (κ2) is 5.11. The Morgan fingerprint density at radius 3 is 2.47 bits per heavy atom. The standard InChI is InChI=1S/C15H21NO3/c1-4-15(5-2)9-16(10-15)13-7-6-11(19-3)8-12(13)14(17)18/h6-8H,4-5,9-10H2,1-3H3,(H,17,18). The maximum atomic E-state index is 11.4. The third kappa shape index (κ3) is 2.39. The van der Waals surface area contributed by atoms with Gasteiger partial charge in [0.1, 0.15) is 5.75 Å². The van der Waals surface area contributed by atoms with E-state index in [0.717, 1.165) is 31.6 Å². The molecule has 0 radical (unpaired) electrons. The van der Waals surface area contributed by atoms with E-state index in [1.807, 2.05) is 12.1 Å². The van der Waals surface area contributed by atoms with Crippen LogP contribution in [0.3, 0.4) is 0 Å². The quantitative estimate of drug-likeness (QED) is 0.887. The van der Waals surface area contributed by atoms with Gasteiger partial charge >= 0.3 is 5.97 Å².